The quantitative estimate of drug-likeness (QED) is 0.721. The van der Waals surface area contributed by atoms with E-state index in [9.17, 15) is 27.9 Å². The van der Waals surface area contributed by atoms with E-state index in [1.54, 1.807) is 20.8 Å². The zero-order chi connectivity index (χ0) is 23.7. The lowest BCUT2D eigenvalue weighted by Crippen LogP contribution is -2.56. The molecule has 2 aromatic rings. The lowest BCUT2D eigenvalue weighted by Gasteiger charge is -2.41. The molecule has 2 N–H and O–H groups in total. The van der Waals surface area contributed by atoms with Crippen LogP contribution in [0.3, 0.4) is 0 Å². The second-order valence-corrected chi connectivity index (χ2v) is 8.09. The van der Waals surface area contributed by atoms with Crippen molar-refractivity contribution in [2.45, 2.75) is 44.8 Å². The standard InChI is InChI=1S/C20H22F3N3O6/c1-19(2,3)26(18(28)29)13-9-30-15(31-10-13)7-5-11-8-12(16-24-25-17(27)32-16)4-6-14(11)20(21,22)23/h4-8,13,15H,9-10H2,1-3H3,(H,25,27)(H,28,29)/b7-5+. The Morgan fingerprint density at radius 1 is 1.25 bits per heavy atom. The van der Waals surface area contributed by atoms with E-state index >= 15 is 0 Å². The molecule has 1 fully saturated rings. The average Bonchev–Trinajstić information content (AvgIpc) is 3.11. The third-order valence-electron chi connectivity index (χ3n) is 4.67. The van der Waals surface area contributed by atoms with Crippen LogP contribution in [0.15, 0.2) is 33.5 Å². The molecule has 0 unspecified atom stereocenters. The summed E-state index contributed by atoms with van der Waals surface area (Å²) < 4.78 is 56.1. The molecule has 12 heteroatoms. The number of nitrogens with zero attached hydrogens (tertiary/aromatic N) is 2. The van der Waals surface area contributed by atoms with E-state index in [4.69, 9.17) is 13.9 Å². The molecule has 1 aromatic carbocycles. The number of alkyl halides is 3. The van der Waals surface area contributed by atoms with Crippen LogP contribution in [0.25, 0.3) is 17.5 Å². The summed E-state index contributed by atoms with van der Waals surface area (Å²) in [7, 11) is 0. The fourth-order valence-electron chi connectivity index (χ4n) is 3.39. The predicted octanol–water partition coefficient (Wildman–Crippen LogP) is 3.58. The number of carboxylic acid groups (broad SMARTS) is 1. The Morgan fingerprint density at radius 2 is 1.91 bits per heavy atom. The van der Waals surface area contributed by atoms with Crippen LogP contribution in [-0.2, 0) is 15.7 Å². The van der Waals surface area contributed by atoms with Crippen LogP contribution >= 0.6 is 0 Å². The van der Waals surface area contributed by atoms with E-state index in [1.807, 2.05) is 5.10 Å². The molecular weight excluding hydrogens is 435 g/mol. The summed E-state index contributed by atoms with van der Waals surface area (Å²) in [6, 6.07) is 2.62. The van der Waals surface area contributed by atoms with E-state index in [-0.39, 0.29) is 30.2 Å². The van der Waals surface area contributed by atoms with Crippen molar-refractivity contribution in [3.05, 3.63) is 46.0 Å². The van der Waals surface area contributed by atoms with Crippen molar-refractivity contribution in [3.63, 3.8) is 0 Å². The first-order chi connectivity index (χ1) is 14.9. The molecule has 1 aromatic heterocycles. The van der Waals surface area contributed by atoms with Crippen LogP contribution in [-0.4, -0.2) is 57.4 Å². The van der Waals surface area contributed by atoms with Gasteiger partial charge in [-0.3, -0.25) is 4.90 Å². The van der Waals surface area contributed by atoms with Crippen LogP contribution in [0.4, 0.5) is 18.0 Å². The zero-order valence-electron chi connectivity index (χ0n) is 17.5. The maximum Gasteiger partial charge on any atom is 0.434 e. The monoisotopic (exact) mass is 457 g/mol. The second kappa shape index (κ2) is 8.79. The van der Waals surface area contributed by atoms with Gasteiger partial charge in [0.25, 0.3) is 0 Å². The smallest absolute Gasteiger partial charge is 0.434 e. The van der Waals surface area contributed by atoms with E-state index in [0.29, 0.717) is 0 Å². The third kappa shape index (κ3) is 5.37. The summed E-state index contributed by atoms with van der Waals surface area (Å²) in [5, 5.41) is 15.1. The third-order valence-corrected chi connectivity index (χ3v) is 4.67. The largest absolute Gasteiger partial charge is 0.465 e. The first-order valence-electron chi connectivity index (χ1n) is 9.57. The van der Waals surface area contributed by atoms with Gasteiger partial charge in [0.05, 0.1) is 24.8 Å². The molecule has 174 valence electrons. The van der Waals surface area contributed by atoms with Crippen molar-refractivity contribution in [2.24, 2.45) is 0 Å². The lowest BCUT2D eigenvalue weighted by molar-refractivity contribution is -0.182. The van der Waals surface area contributed by atoms with Gasteiger partial charge in [0.15, 0.2) is 6.29 Å². The number of rotatable bonds is 4. The highest BCUT2D eigenvalue weighted by atomic mass is 19.4. The number of aromatic nitrogens is 2. The van der Waals surface area contributed by atoms with Crippen LogP contribution in [0.5, 0.6) is 0 Å². The van der Waals surface area contributed by atoms with E-state index in [0.717, 1.165) is 12.1 Å². The highest BCUT2D eigenvalue weighted by Crippen LogP contribution is 2.35. The minimum Gasteiger partial charge on any atom is -0.465 e. The van der Waals surface area contributed by atoms with Crippen LogP contribution < -0.4 is 5.76 Å². The molecule has 0 spiro atoms. The first kappa shape index (κ1) is 23.5. The van der Waals surface area contributed by atoms with Crippen LogP contribution in [0.1, 0.15) is 31.9 Å². The molecule has 0 bridgehead atoms. The number of benzene rings is 1. The zero-order valence-corrected chi connectivity index (χ0v) is 17.5. The number of amides is 1. The number of H-pyrrole nitrogens is 1. The average molecular weight is 457 g/mol. The molecular formula is C20H22F3N3O6. The molecule has 32 heavy (non-hydrogen) atoms. The molecule has 0 aliphatic carbocycles. The van der Waals surface area contributed by atoms with Gasteiger partial charge in [0.1, 0.15) is 0 Å². The highest BCUT2D eigenvalue weighted by Gasteiger charge is 2.36. The number of halogens is 3. The number of aromatic amines is 1. The fourth-order valence-corrected chi connectivity index (χ4v) is 3.39. The minimum atomic E-state index is -4.63. The SMILES string of the molecule is CC(C)(C)N(C(=O)O)C1COC(/C=C/c2cc(-c3n[nH]c(=O)o3)ccc2C(F)(F)F)OC1. The molecule has 0 atom stereocenters. The lowest BCUT2D eigenvalue weighted by atomic mass is 10.0. The summed E-state index contributed by atoms with van der Waals surface area (Å²) in [4.78, 5) is 23.9. The number of nitrogens with one attached hydrogen (secondary N) is 1. The Hall–Kier alpha value is -3.12. The van der Waals surface area contributed by atoms with Crippen molar-refractivity contribution < 1.29 is 37.0 Å². The summed E-state index contributed by atoms with van der Waals surface area (Å²) in [6.07, 6.45) is -4.23. The molecule has 3 rings (SSSR count). The summed E-state index contributed by atoms with van der Waals surface area (Å²) in [6.45, 7) is 5.24. The maximum atomic E-state index is 13.4. The molecule has 1 aliphatic rings. The van der Waals surface area contributed by atoms with Gasteiger partial charge >= 0.3 is 18.0 Å². The van der Waals surface area contributed by atoms with Gasteiger partial charge in [-0.2, -0.15) is 13.2 Å². The van der Waals surface area contributed by atoms with Gasteiger partial charge in [-0.1, -0.05) is 6.08 Å². The van der Waals surface area contributed by atoms with Gasteiger partial charge in [-0.25, -0.2) is 14.7 Å². The Balaban J connectivity index is 1.79. The van der Waals surface area contributed by atoms with Gasteiger partial charge in [0.2, 0.25) is 5.89 Å². The first-order valence-corrected chi connectivity index (χ1v) is 9.57. The second-order valence-electron chi connectivity index (χ2n) is 8.09. The van der Waals surface area contributed by atoms with Gasteiger partial charge in [-0.05, 0) is 50.6 Å². The summed E-state index contributed by atoms with van der Waals surface area (Å²) in [5.41, 5.74) is -1.63. The summed E-state index contributed by atoms with van der Waals surface area (Å²) in [5.74, 6) is -0.983. The maximum absolute atomic E-state index is 13.4. The molecule has 2 heterocycles. The van der Waals surface area contributed by atoms with Crippen molar-refractivity contribution in [2.75, 3.05) is 13.2 Å². The van der Waals surface area contributed by atoms with Crippen LogP contribution in [0, 0.1) is 0 Å². The number of hydrogen-bond acceptors (Lipinski definition) is 6. The van der Waals surface area contributed by atoms with Gasteiger partial charge < -0.3 is 19.0 Å². The van der Waals surface area contributed by atoms with E-state index in [2.05, 4.69) is 5.10 Å². The molecule has 1 amide bonds. The molecule has 9 nitrogen and oxygen atoms in total. The van der Waals surface area contributed by atoms with Crippen LogP contribution in [0.2, 0.25) is 0 Å². The molecule has 0 saturated carbocycles. The Kier molecular flexibility index (Phi) is 6.46. The van der Waals surface area contributed by atoms with Crippen molar-refractivity contribution in [3.8, 4) is 11.5 Å². The fraction of sp³-hybridized carbons (Fsp3) is 0.450. The Bertz CT molecular complexity index is 1050. The molecule has 1 aliphatic heterocycles. The number of carbonyl (C=O) groups is 1. The molecule has 0 radical (unpaired) electrons. The predicted molar refractivity (Wildman–Crippen MR) is 106 cm³/mol. The normalized spacial score (nSPS) is 19.9. The summed E-state index contributed by atoms with van der Waals surface area (Å²) >= 11 is 0. The van der Waals surface area contributed by atoms with Gasteiger partial charge in [-0.15, -0.1) is 5.10 Å². The number of hydrogen-bond donors (Lipinski definition) is 2. The molecule has 1 saturated heterocycles. The van der Waals surface area contributed by atoms with E-state index in [1.165, 1.54) is 23.1 Å². The van der Waals surface area contributed by atoms with Crippen molar-refractivity contribution in [1.29, 1.82) is 0 Å². The van der Waals surface area contributed by atoms with Crippen molar-refractivity contribution >= 4 is 12.2 Å². The topological polar surface area (TPSA) is 118 Å². The minimum absolute atomic E-state index is 0.0170. The van der Waals surface area contributed by atoms with Gasteiger partial charge in [0, 0.05) is 11.1 Å². The number of ether oxygens (including phenoxy) is 2. The van der Waals surface area contributed by atoms with Crippen molar-refractivity contribution in [1.82, 2.24) is 15.1 Å². The highest BCUT2D eigenvalue weighted by molar-refractivity contribution is 5.66. The van der Waals surface area contributed by atoms with E-state index < -0.39 is 41.5 Å². The Morgan fingerprint density at radius 3 is 2.41 bits per heavy atom. The Labute approximate surface area is 180 Å².